The fourth-order valence-electron chi connectivity index (χ4n) is 5.37. The Morgan fingerprint density at radius 3 is 1.95 bits per heavy atom. The lowest BCUT2D eigenvalue weighted by Crippen LogP contribution is -2.25. The minimum Gasteiger partial charge on any atom is -0.459 e. The molecule has 3 aromatic carbocycles. The highest BCUT2D eigenvalue weighted by Crippen LogP contribution is 2.37. The van der Waals surface area contributed by atoms with Gasteiger partial charge in [0.15, 0.2) is 34.9 Å². The van der Waals surface area contributed by atoms with Gasteiger partial charge >= 0.3 is 5.97 Å². The van der Waals surface area contributed by atoms with Crippen molar-refractivity contribution in [3.05, 3.63) is 93.6 Å². The number of ether oxygens (including phenoxy) is 1. The molecule has 0 radical (unpaired) electrons. The zero-order valence-electron chi connectivity index (χ0n) is 22.6. The van der Waals surface area contributed by atoms with E-state index in [0.29, 0.717) is 43.2 Å². The van der Waals surface area contributed by atoms with Crippen LogP contribution in [0.25, 0.3) is 11.1 Å². The molecule has 0 saturated heterocycles. The number of hydrogen-bond donors (Lipinski definition) is 0. The van der Waals surface area contributed by atoms with Gasteiger partial charge in [-0.2, -0.15) is 0 Å². The summed E-state index contributed by atoms with van der Waals surface area (Å²) in [5.74, 6) is -8.44. The van der Waals surface area contributed by atoms with E-state index in [4.69, 9.17) is 4.74 Å². The molecule has 0 amide bonds. The molecular weight excluding hydrogens is 530 g/mol. The molecule has 4 rings (SSSR count). The lowest BCUT2D eigenvalue weighted by Gasteiger charge is -2.29. The largest absolute Gasteiger partial charge is 0.459 e. The van der Waals surface area contributed by atoms with Gasteiger partial charge in [0.2, 0.25) is 0 Å². The van der Waals surface area contributed by atoms with Crippen molar-refractivity contribution in [2.24, 2.45) is 0 Å². The van der Waals surface area contributed by atoms with Gasteiger partial charge in [0.05, 0.1) is 5.56 Å². The first-order valence-electron chi connectivity index (χ1n) is 13.8. The van der Waals surface area contributed by atoms with E-state index in [1.54, 1.807) is 19.1 Å². The van der Waals surface area contributed by atoms with Crippen molar-refractivity contribution >= 4 is 5.97 Å². The Kier molecular flexibility index (Phi) is 9.59. The van der Waals surface area contributed by atoms with E-state index in [1.165, 1.54) is 12.1 Å². The lowest BCUT2D eigenvalue weighted by molar-refractivity contribution is 0.0188. The van der Waals surface area contributed by atoms with Gasteiger partial charge in [-0.25, -0.2) is 31.1 Å². The predicted octanol–water partition coefficient (Wildman–Crippen LogP) is 9.37. The summed E-state index contributed by atoms with van der Waals surface area (Å²) < 4.78 is 93.3. The van der Waals surface area contributed by atoms with E-state index in [0.717, 1.165) is 31.4 Å². The summed E-state index contributed by atoms with van der Waals surface area (Å²) in [6.07, 6.45) is 4.35. The second-order valence-electron chi connectivity index (χ2n) is 10.3. The summed E-state index contributed by atoms with van der Waals surface area (Å²) in [5, 5.41) is 0. The molecule has 40 heavy (non-hydrogen) atoms. The van der Waals surface area contributed by atoms with Gasteiger partial charge in [0, 0.05) is 11.1 Å². The van der Waals surface area contributed by atoms with Crippen LogP contribution in [0.2, 0.25) is 0 Å². The van der Waals surface area contributed by atoms with E-state index in [1.807, 2.05) is 6.92 Å². The maximum atomic E-state index is 14.9. The van der Waals surface area contributed by atoms with Crippen LogP contribution < -0.4 is 0 Å². The Labute approximate surface area is 230 Å². The molecule has 0 spiro atoms. The number of unbranched alkanes of at least 4 members (excludes halogenated alkanes) is 2. The van der Waals surface area contributed by atoms with Crippen LogP contribution in [0.3, 0.4) is 0 Å². The van der Waals surface area contributed by atoms with Crippen LogP contribution in [0.15, 0.2) is 36.4 Å². The molecule has 0 atom stereocenters. The molecule has 8 heteroatoms. The van der Waals surface area contributed by atoms with Crippen molar-refractivity contribution in [2.75, 3.05) is 0 Å². The van der Waals surface area contributed by atoms with Crippen LogP contribution in [0, 0.1) is 34.9 Å². The number of halogens is 6. The third-order valence-electron chi connectivity index (χ3n) is 7.77. The topological polar surface area (TPSA) is 26.3 Å². The first-order chi connectivity index (χ1) is 19.2. The van der Waals surface area contributed by atoms with Crippen LogP contribution in [-0.2, 0) is 17.6 Å². The van der Waals surface area contributed by atoms with Crippen LogP contribution in [-0.4, -0.2) is 12.1 Å². The van der Waals surface area contributed by atoms with Crippen molar-refractivity contribution in [1.29, 1.82) is 0 Å². The standard InChI is InChI=1S/C32H32F6O2/c1-3-5-6-7-20-11-14-22(28(35)27(20)34)19-8-12-21(13-9-19)40-32(39)25-17-16-24(30(37)31(25)38)23-15-10-18(4-2)26(33)29(23)36/h10-11,14-17,19,21H,3-9,12-13H2,1-2H3. The molecule has 1 fully saturated rings. The van der Waals surface area contributed by atoms with Gasteiger partial charge in [0.1, 0.15) is 6.10 Å². The minimum absolute atomic E-state index is 0.101. The molecule has 3 aromatic rings. The lowest BCUT2D eigenvalue weighted by atomic mass is 9.82. The maximum Gasteiger partial charge on any atom is 0.341 e. The molecule has 1 aliphatic carbocycles. The van der Waals surface area contributed by atoms with Crippen molar-refractivity contribution < 1.29 is 35.9 Å². The highest BCUT2D eigenvalue weighted by atomic mass is 19.2. The normalized spacial score (nSPS) is 17.2. The number of esters is 1. The average molecular weight is 563 g/mol. The van der Waals surface area contributed by atoms with E-state index >= 15 is 0 Å². The molecule has 2 nitrogen and oxygen atoms in total. The van der Waals surface area contributed by atoms with Crippen molar-refractivity contribution in [2.45, 2.75) is 83.7 Å². The molecule has 0 heterocycles. The molecule has 1 saturated carbocycles. The van der Waals surface area contributed by atoms with Crippen LogP contribution in [0.5, 0.6) is 0 Å². The van der Waals surface area contributed by atoms with Crippen LogP contribution >= 0.6 is 0 Å². The van der Waals surface area contributed by atoms with Gasteiger partial charge in [-0.15, -0.1) is 0 Å². The summed E-state index contributed by atoms with van der Waals surface area (Å²) in [4.78, 5) is 12.7. The Hall–Kier alpha value is -3.29. The monoisotopic (exact) mass is 562 g/mol. The van der Waals surface area contributed by atoms with Gasteiger partial charge < -0.3 is 4.74 Å². The SMILES string of the molecule is CCCCCc1ccc(C2CCC(OC(=O)c3ccc(-c4ccc(CC)c(F)c4F)c(F)c3F)CC2)c(F)c1F. The second kappa shape index (κ2) is 12.9. The smallest absolute Gasteiger partial charge is 0.341 e. The third-order valence-corrected chi connectivity index (χ3v) is 7.77. The van der Waals surface area contributed by atoms with E-state index in [-0.39, 0.29) is 17.9 Å². The molecular formula is C32H32F6O2. The minimum atomic E-state index is -1.52. The third kappa shape index (κ3) is 6.06. The summed E-state index contributed by atoms with van der Waals surface area (Å²) in [6.45, 7) is 3.67. The summed E-state index contributed by atoms with van der Waals surface area (Å²) >= 11 is 0. The van der Waals surface area contributed by atoms with Crippen LogP contribution in [0.4, 0.5) is 26.3 Å². The Balaban J connectivity index is 1.41. The highest BCUT2D eigenvalue weighted by Gasteiger charge is 2.30. The Morgan fingerprint density at radius 1 is 0.700 bits per heavy atom. The fraction of sp³-hybridized carbons (Fsp3) is 0.406. The molecule has 1 aliphatic rings. The average Bonchev–Trinajstić information content (AvgIpc) is 2.95. The number of carbonyl (C=O) groups is 1. The second-order valence-corrected chi connectivity index (χ2v) is 10.3. The van der Waals surface area contributed by atoms with E-state index in [2.05, 4.69) is 0 Å². The van der Waals surface area contributed by atoms with E-state index in [9.17, 15) is 31.1 Å². The number of hydrogen-bond acceptors (Lipinski definition) is 2. The van der Waals surface area contributed by atoms with Crippen molar-refractivity contribution in [3.63, 3.8) is 0 Å². The van der Waals surface area contributed by atoms with Crippen LogP contribution in [0.1, 0.15) is 91.8 Å². The quantitative estimate of drug-likeness (QED) is 0.148. The maximum absolute atomic E-state index is 14.9. The van der Waals surface area contributed by atoms with E-state index < -0.39 is 63.7 Å². The van der Waals surface area contributed by atoms with Gasteiger partial charge in [0.25, 0.3) is 0 Å². The Bertz CT molecular complexity index is 1380. The molecule has 0 bridgehead atoms. The van der Waals surface area contributed by atoms with Gasteiger partial charge in [-0.3, -0.25) is 0 Å². The summed E-state index contributed by atoms with van der Waals surface area (Å²) in [5.41, 5.74) is -0.879. The molecule has 0 unspecified atom stereocenters. The Morgan fingerprint density at radius 2 is 1.30 bits per heavy atom. The molecule has 0 N–H and O–H groups in total. The highest BCUT2D eigenvalue weighted by molar-refractivity contribution is 5.90. The summed E-state index contributed by atoms with van der Waals surface area (Å²) in [7, 11) is 0. The zero-order chi connectivity index (χ0) is 29.0. The van der Waals surface area contributed by atoms with Gasteiger partial charge in [-0.05, 0) is 73.6 Å². The molecule has 0 aliphatic heterocycles. The number of rotatable bonds is 9. The fourth-order valence-corrected chi connectivity index (χ4v) is 5.37. The number of aryl methyl sites for hydroxylation is 2. The predicted molar refractivity (Wildman–Crippen MR) is 141 cm³/mol. The molecule has 214 valence electrons. The van der Waals surface area contributed by atoms with Crippen molar-refractivity contribution in [3.8, 4) is 11.1 Å². The number of carbonyl (C=O) groups excluding carboxylic acids is 1. The zero-order valence-corrected chi connectivity index (χ0v) is 22.6. The van der Waals surface area contributed by atoms with Crippen molar-refractivity contribution in [1.82, 2.24) is 0 Å². The first-order valence-corrected chi connectivity index (χ1v) is 13.8. The van der Waals surface area contributed by atoms with Gasteiger partial charge in [-0.1, -0.05) is 57.0 Å². The number of benzene rings is 3. The first kappa shape index (κ1) is 29.7. The molecule has 0 aromatic heterocycles. The summed E-state index contributed by atoms with van der Waals surface area (Å²) in [6, 6.07) is 7.72.